The van der Waals surface area contributed by atoms with Gasteiger partial charge in [-0.15, -0.1) is 0 Å². The molecule has 1 unspecified atom stereocenters. The normalized spacial score (nSPS) is 22.9. The number of alkyl halides is 3. The van der Waals surface area contributed by atoms with Crippen LogP contribution in [0.1, 0.15) is 25.8 Å². The molecule has 10 nitrogen and oxygen atoms in total. The van der Waals surface area contributed by atoms with Gasteiger partial charge in [0.2, 0.25) is 5.88 Å². The smallest absolute Gasteiger partial charge is 0.416 e. The maximum absolute atomic E-state index is 14.2. The molecule has 0 saturated carbocycles. The number of nitrogens with one attached hydrogen (secondary N) is 1. The van der Waals surface area contributed by atoms with Crippen molar-refractivity contribution in [1.29, 1.82) is 0 Å². The fourth-order valence-corrected chi connectivity index (χ4v) is 5.26. The second kappa shape index (κ2) is 9.89. The largest absolute Gasteiger partial charge is 0.474 e. The van der Waals surface area contributed by atoms with Crippen molar-refractivity contribution < 1.29 is 32.2 Å². The molecule has 40 heavy (non-hydrogen) atoms. The maximum atomic E-state index is 14.2. The van der Waals surface area contributed by atoms with Crippen LogP contribution in [0.2, 0.25) is 0 Å². The van der Waals surface area contributed by atoms with Gasteiger partial charge in [0.15, 0.2) is 11.6 Å². The summed E-state index contributed by atoms with van der Waals surface area (Å²) in [4.78, 5) is 30.3. The van der Waals surface area contributed by atoms with E-state index in [4.69, 9.17) is 14.2 Å². The first-order chi connectivity index (χ1) is 19.1. The number of pyridine rings is 1. The van der Waals surface area contributed by atoms with Crippen molar-refractivity contribution in [3.63, 3.8) is 0 Å². The van der Waals surface area contributed by atoms with Gasteiger partial charge in [0, 0.05) is 18.8 Å². The van der Waals surface area contributed by atoms with E-state index in [-0.39, 0.29) is 36.1 Å². The topological polar surface area (TPSA) is 102 Å². The zero-order valence-electron chi connectivity index (χ0n) is 21.8. The lowest BCUT2D eigenvalue weighted by Crippen LogP contribution is -2.45. The van der Waals surface area contributed by atoms with E-state index in [9.17, 15) is 18.0 Å². The molecule has 0 radical (unpaired) electrons. The summed E-state index contributed by atoms with van der Waals surface area (Å²) >= 11 is 0. The van der Waals surface area contributed by atoms with E-state index < -0.39 is 29.5 Å². The van der Waals surface area contributed by atoms with Crippen molar-refractivity contribution in [2.45, 2.75) is 50.4 Å². The Kier molecular flexibility index (Phi) is 6.50. The Labute approximate surface area is 228 Å². The standard InChI is InChI=1S/C27H27F3N6O4/c1-26(2)39-15-19(40-26)14-38-23-12-31-11-22(34-23)36(18-6-3-5-16(9-18)27(28,29)30)25(37)21-10-17-13-35(21)20-7-4-8-32-24(20)33-17/h3-9,11-12,17,19,21H,10,13-15H2,1-2H3,(H,32,33)/t17-,19-,21?/m0/s1. The molecule has 6 rings (SSSR count). The van der Waals surface area contributed by atoms with Crippen molar-refractivity contribution >= 4 is 28.9 Å². The van der Waals surface area contributed by atoms with Crippen LogP contribution in [0.4, 0.5) is 36.2 Å². The number of benzene rings is 1. The summed E-state index contributed by atoms with van der Waals surface area (Å²) < 4.78 is 58.0. The number of carbonyl (C=O) groups is 1. The van der Waals surface area contributed by atoms with Crippen molar-refractivity contribution in [2.75, 3.05) is 34.9 Å². The van der Waals surface area contributed by atoms with Crippen LogP contribution in [-0.2, 0) is 20.4 Å². The Morgan fingerprint density at radius 3 is 2.88 bits per heavy atom. The van der Waals surface area contributed by atoms with Crippen LogP contribution in [0.25, 0.3) is 0 Å². The van der Waals surface area contributed by atoms with Gasteiger partial charge in [-0.05, 0) is 50.6 Å². The zero-order chi connectivity index (χ0) is 28.1. The minimum atomic E-state index is -4.60. The highest BCUT2D eigenvalue weighted by atomic mass is 19.4. The minimum absolute atomic E-state index is 0.0163. The van der Waals surface area contributed by atoms with Crippen molar-refractivity contribution in [2.24, 2.45) is 0 Å². The van der Waals surface area contributed by atoms with E-state index in [2.05, 4.69) is 20.3 Å². The first-order valence-corrected chi connectivity index (χ1v) is 12.8. The number of anilines is 4. The zero-order valence-corrected chi connectivity index (χ0v) is 21.8. The molecular weight excluding hydrogens is 529 g/mol. The molecule has 3 aliphatic heterocycles. The third-order valence-electron chi connectivity index (χ3n) is 6.99. The molecule has 2 saturated heterocycles. The van der Waals surface area contributed by atoms with E-state index in [1.807, 2.05) is 11.0 Å². The molecule has 1 aromatic carbocycles. The number of ether oxygens (including phenoxy) is 3. The molecule has 2 aromatic heterocycles. The van der Waals surface area contributed by atoms with Gasteiger partial charge in [-0.25, -0.2) is 4.98 Å². The summed E-state index contributed by atoms with van der Waals surface area (Å²) in [6.07, 6.45) is -0.143. The van der Waals surface area contributed by atoms with Gasteiger partial charge in [-0.3, -0.25) is 14.7 Å². The van der Waals surface area contributed by atoms with Crippen LogP contribution in [-0.4, -0.2) is 64.6 Å². The number of fused-ring (bicyclic) bond motifs is 4. The number of halogens is 3. The summed E-state index contributed by atoms with van der Waals surface area (Å²) in [6.45, 7) is 4.60. The van der Waals surface area contributed by atoms with E-state index in [0.717, 1.165) is 17.8 Å². The highest BCUT2D eigenvalue weighted by molar-refractivity contribution is 6.05. The van der Waals surface area contributed by atoms with E-state index >= 15 is 0 Å². The lowest BCUT2D eigenvalue weighted by atomic mass is 10.1. The molecule has 5 heterocycles. The number of rotatable bonds is 6. The highest BCUT2D eigenvalue weighted by Gasteiger charge is 2.44. The molecule has 0 aliphatic carbocycles. The highest BCUT2D eigenvalue weighted by Crippen LogP contribution is 2.40. The Morgan fingerprint density at radius 1 is 1.25 bits per heavy atom. The van der Waals surface area contributed by atoms with E-state index in [0.29, 0.717) is 25.4 Å². The first-order valence-electron chi connectivity index (χ1n) is 12.8. The van der Waals surface area contributed by atoms with Crippen LogP contribution < -0.4 is 19.9 Å². The SMILES string of the molecule is CC1(C)OC[C@H](COc2cncc(N(C(=O)C3C[C@H]4CN3c3cccnc3N4)c3cccc(C(F)(F)F)c3)n2)O1. The summed E-state index contributed by atoms with van der Waals surface area (Å²) in [5.41, 5.74) is -0.114. The molecule has 3 aromatic rings. The van der Waals surface area contributed by atoms with Crippen LogP contribution >= 0.6 is 0 Å². The summed E-state index contributed by atoms with van der Waals surface area (Å²) in [5.74, 6) is -0.381. The molecule has 2 bridgehead atoms. The molecule has 13 heteroatoms. The Morgan fingerprint density at radius 2 is 2.10 bits per heavy atom. The first kappa shape index (κ1) is 26.3. The van der Waals surface area contributed by atoms with Crippen LogP contribution in [0, 0.1) is 0 Å². The average Bonchev–Trinajstić information content (AvgIpc) is 3.46. The van der Waals surface area contributed by atoms with Crippen LogP contribution in [0.3, 0.4) is 0 Å². The number of hydrogen-bond acceptors (Lipinski definition) is 9. The molecule has 210 valence electrons. The van der Waals surface area contributed by atoms with Gasteiger partial charge in [0.25, 0.3) is 5.91 Å². The number of nitrogens with zero attached hydrogens (tertiary/aromatic N) is 5. The minimum Gasteiger partial charge on any atom is -0.474 e. The lowest BCUT2D eigenvalue weighted by molar-refractivity contribution is -0.141. The van der Waals surface area contributed by atoms with Gasteiger partial charge in [-0.2, -0.15) is 18.2 Å². The summed E-state index contributed by atoms with van der Waals surface area (Å²) in [6, 6.07) is 7.52. The average molecular weight is 557 g/mol. The van der Waals surface area contributed by atoms with Crippen molar-refractivity contribution in [3.8, 4) is 5.88 Å². The number of carbonyl (C=O) groups excluding carboxylic acids is 1. The summed E-state index contributed by atoms with van der Waals surface area (Å²) in [7, 11) is 0. The number of aromatic nitrogens is 3. The second-order valence-corrected chi connectivity index (χ2v) is 10.3. The molecule has 3 atom stereocenters. The molecule has 0 spiro atoms. The lowest BCUT2D eigenvalue weighted by Gasteiger charge is -2.32. The van der Waals surface area contributed by atoms with E-state index in [1.54, 1.807) is 26.1 Å². The fourth-order valence-electron chi connectivity index (χ4n) is 5.26. The predicted octanol–water partition coefficient (Wildman–Crippen LogP) is 4.16. The van der Waals surface area contributed by atoms with Gasteiger partial charge in [-0.1, -0.05) is 6.07 Å². The fraction of sp³-hybridized carbons (Fsp3) is 0.407. The molecule has 3 aliphatic rings. The monoisotopic (exact) mass is 556 g/mol. The third kappa shape index (κ3) is 5.13. The maximum Gasteiger partial charge on any atom is 0.416 e. The number of amides is 1. The number of hydrogen-bond donors (Lipinski definition) is 1. The Hall–Kier alpha value is -3.97. The molecule has 1 amide bonds. The van der Waals surface area contributed by atoms with Gasteiger partial charge >= 0.3 is 6.18 Å². The van der Waals surface area contributed by atoms with Gasteiger partial charge in [0.05, 0.1) is 35.9 Å². The summed E-state index contributed by atoms with van der Waals surface area (Å²) in [5, 5.41) is 3.34. The van der Waals surface area contributed by atoms with Crippen molar-refractivity contribution in [1.82, 2.24) is 15.0 Å². The molecule has 1 N–H and O–H groups in total. The van der Waals surface area contributed by atoms with Gasteiger partial charge < -0.3 is 24.4 Å². The molecular formula is C27H27F3N6O4. The Balaban J connectivity index is 1.33. The van der Waals surface area contributed by atoms with Crippen LogP contribution in [0.15, 0.2) is 55.0 Å². The quantitative estimate of drug-likeness (QED) is 0.480. The van der Waals surface area contributed by atoms with E-state index in [1.165, 1.54) is 29.4 Å². The van der Waals surface area contributed by atoms with Gasteiger partial charge in [0.1, 0.15) is 24.6 Å². The Bertz CT molecular complexity index is 1420. The predicted molar refractivity (Wildman–Crippen MR) is 138 cm³/mol. The second-order valence-electron chi connectivity index (χ2n) is 10.3. The third-order valence-corrected chi connectivity index (χ3v) is 6.99. The molecule has 2 fully saturated rings. The van der Waals surface area contributed by atoms with Crippen LogP contribution in [0.5, 0.6) is 5.88 Å². The van der Waals surface area contributed by atoms with Crippen molar-refractivity contribution in [3.05, 3.63) is 60.6 Å².